The lowest BCUT2D eigenvalue weighted by Crippen LogP contribution is -2.28. The summed E-state index contributed by atoms with van der Waals surface area (Å²) in [5.41, 5.74) is 6.97. The molecule has 0 aliphatic heterocycles. The standard InChI is InChI=1S/C22H29N5O3/c1-24-27(15-18-6-2-3-8-20(18)30-16-17-9-10-17)19(14-23)7-4-5-12-26-13-11-21(28)25-22(26)29/h2-3,6,8,11,13-14,17H,1,4-5,7,9-10,12,15-16,23H2,(H,25,28,29)/b19-14-. The molecule has 1 aliphatic carbocycles. The van der Waals surface area contributed by atoms with Gasteiger partial charge in [-0.15, -0.1) is 0 Å². The number of aromatic amines is 1. The maximum Gasteiger partial charge on any atom is 0.328 e. The first-order valence-electron chi connectivity index (χ1n) is 10.3. The normalized spacial score (nSPS) is 13.8. The molecule has 0 spiro atoms. The van der Waals surface area contributed by atoms with E-state index in [1.807, 2.05) is 24.3 Å². The van der Waals surface area contributed by atoms with E-state index in [9.17, 15) is 9.59 Å². The van der Waals surface area contributed by atoms with E-state index < -0.39 is 11.2 Å². The van der Waals surface area contributed by atoms with E-state index >= 15 is 0 Å². The number of hydrazone groups is 1. The molecule has 0 radical (unpaired) electrons. The van der Waals surface area contributed by atoms with Crippen molar-refractivity contribution in [2.24, 2.45) is 16.8 Å². The van der Waals surface area contributed by atoms with Crippen molar-refractivity contribution in [3.05, 3.63) is 74.8 Å². The van der Waals surface area contributed by atoms with E-state index in [1.165, 1.54) is 29.7 Å². The average Bonchev–Trinajstić information content (AvgIpc) is 3.57. The summed E-state index contributed by atoms with van der Waals surface area (Å²) in [6.07, 6.45) is 7.81. The number of ether oxygens (including phenoxy) is 1. The number of benzene rings is 1. The number of unbranched alkanes of at least 4 members (excludes halogenated alkanes) is 1. The summed E-state index contributed by atoms with van der Waals surface area (Å²) in [6, 6.07) is 9.30. The lowest BCUT2D eigenvalue weighted by molar-refractivity contribution is 0.285. The van der Waals surface area contributed by atoms with Gasteiger partial charge in [-0.25, -0.2) is 4.79 Å². The number of allylic oxidation sites excluding steroid dienone is 1. The molecule has 0 unspecified atom stereocenters. The monoisotopic (exact) mass is 411 g/mol. The molecule has 2 aromatic rings. The van der Waals surface area contributed by atoms with E-state index in [0.29, 0.717) is 25.4 Å². The van der Waals surface area contributed by atoms with Crippen molar-refractivity contribution in [2.75, 3.05) is 6.61 Å². The fraction of sp³-hybridized carbons (Fsp3) is 0.409. The maximum atomic E-state index is 11.7. The number of aromatic nitrogens is 2. The first kappa shape index (κ1) is 21.4. The van der Waals surface area contributed by atoms with Gasteiger partial charge in [-0.1, -0.05) is 18.2 Å². The molecule has 30 heavy (non-hydrogen) atoms. The SMILES string of the molecule is C=NN(Cc1ccccc1OCC1CC1)/C(=C\N)CCCCn1ccc(=O)[nH]c1=O. The Bertz CT molecular complexity index is 991. The fourth-order valence-electron chi connectivity index (χ4n) is 3.18. The highest BCUT2D eigenvalue weighted by Gasteiger charge is 2.22. The number of nitrogens with two attached hydrogens (primary N) is 1. The molecular formula is C22H29N5O3. The van der Waals surface area contributed by atoms with E-state index in [0.717, 1.165) is 36.5 Å². The van der Waals surface area contributed by atoms with Crippen LogP contribution in [0.4, 0.5) is 0 Å². The molecule has 1 saturated carbocycles. The van der Waals surface area contributed by atoms with E-state index in [1.54, 1.807) is 11.2 Å². The Hall–Kier alpha value is -3.29. The van der Waals surface area contributed by atoms with E-state index in [2.05, 4.69) is 16.8 Å². The first-order chi connectivity index (χ1) is 14.6. The van der Waals surface area contributed by atoms with E-state index in [4.69, 9.17) is 10.5 Å². The Kier molecular flexibility index (Phi) is 7.48. The van der Waals surface area contributed by atoms with Crippen LogP contribution in [0.2, 0.25) is 0 Å². The van der Waals surface area contributed by atoms with E-state index in [-0.39, 0.29) is 0 Å². The van der Waals surface area contributed by atoms with Gasteiger partial charge in [0.15, 0.2) is 0 Å². The molecule has 1 aromatic heterocycles. The quantitative estimate of drug-likeness (QED) is 0.317. The van der Waals surface area contributed by atoms with Gasteiger partial charge in [0.2, 0.25) is 0 Å². The lowest BCUT2D eigenvalue weighted by atomic mass is 10.1. The molecule has 1 aliphatic rings. The van der Waals surface area contributed by atoms with Crippen LogP contribution in [-0.4, -0.2) is 27.9 Å². The smallest absolute Gasteiger partial charge is 0.328 e. The summed E-state index contributed by atoms with van der Waals surface area (Å²) in [4.78, 5) is 25.1. The number of hydrogen-bond donors (Lipinski definition) is 2. The third kappa shape index (κ3) is 6.10. The van der Waals surface area contributed by atoms with Gasteiger partial charge in [-0.05, 0) is 44.1 Å². The van der Waals surface area contributed by atoms with Gasteiger partial charge in [0.1, 0.15) is 5.75 Å². The Morgan fingerprint density at radius 1 is 1.30 bits per heavy atom. The van der Waals surface area contributed by atoms with Crippen LogP contribution >= 0.6 is 0 Å². The van der Waals surface area contributed by atoms with Gasteiger partial charge in [0.25, 0.3) is 5.56 Å². The van der Waals surface area contributed by atoms with Crippen molar-refractivity contribution in [3.63, 3.8) is 0 Å². The Balaban J connectivity index is 1.54. The number of nitrogens with zero attached hydrogens (tertiary/aromatic N) is 3. The van der Waals surface area contributed by atoms with Crippen molar-refractivity contribution in [1.29, 1.82) is 0 Å². The highest BCUT2D eigenvalue weighted by Crippen LogP contribution is 2.31. The van der Waals surface area contributed by atoms with Gasteiger partial charge >= 0.3 is 5.69 Å². The number of rotatable bonds is 12. The Morgan fingerprint density at radius 2 is 2.10 bits per heavy atom. The average molecular weight is 412 g/mol. The summed E-state index contributed by atoms with van der Waals surface area (Å²) < 4.78 is 7.48. The molecule has 0 amide bonds. The second kappa shape index (κ2) is 10.5. The zero-order valence-corrected chi connectivity index (χ0v) is 17.1. The van der Waals surface area contributed by atoms with Crippen molar-refractivity contribution in [1.82, 2.24) is 14.6 Å². The van der Waals surface area contributed by atoms with Crippen LogP contribution in [0.25, 0.3) is 0 Å². The predicted molar refractivity (Wildman–Crippen MR) is 117 cm³/mol. The van der Waals surface area contributed by atoms with Gasteiger partial charge in [0, 0.05) is 37.3 Å². The molecule has 8 nitrogen and oxygen atoms in total. The lowest BCUT2D eigenvalue weighted by Gasteiger charge is -2.23. The highest BCUT2D eigenvalue weighted by molar-refractivity contribution is 5.34. The second-order valence-corrected chi connectivity index (χ2v) is 7.48. The zero-order valence-electron chi connectivity index (χ0n) is 17.1. The van der Waals surface area contributed by atoms with Crippen LogP contribution in [-0.2, 0) is 13.1 Å². The van der Waals surface area contributed by atoms with Crippen LogP contribution < -0.4 is 21.7 Å². The van der Waals surface area contributed by atoms with Crippen molar-refractivity contribution < 1.29 is 4.74 Å². The molecule has 1 heterocycles. The number of H-pyrrole nitrogens is 1. The minimum atomic E-state index is -0.394. The highest BCUT2D eigenvalue weighted by atomic mass is 16.5. The van der Waals surface area contributed by atoms with Crippen molar-refractivity contribution in [2.45, 2.75) is 45.2 Å². The fourth-order valence-corrected chi connectivity index (χ4v) is 3.18. The minimum absolute atomic E-state index is 0.390. The number of aryl methyl sites for hydroxylation is 1. The zero-order chi connectivity index (χ0) is 21.3. The molecule has 1 aromatic carbocycles. The Labute approximate surface area is 175 Å². The first-order valence-corrected chi connectivity index (χ1v) is 10.3. The topological polar surface area (TPSA) is 106 Å². The summed E-state index contributed by atoms with van der Waals surface area (Å²) in [5, 5.41) is 5.93. The minimum Gasteiger partial charge on any atom is -0.493 e. The molecule has 3 rings (SSSR count). The van der Waals surface area contributed by atoms with Crippen LogP contribution in [0.1, 0.15) is 37.7 Å². The third-order valence-electron chi connectivity index (χ3n) is 5.14. The predicted octanol–water partition coefficient (Wildman–Crippen LogP) is 2.41. The molecular weight excluding hydrogens is 382 g/mol. The summed E-state index contributed by atoms with van der Waals surface area (Å²) in [5.74, 6) is 1.55. The molecule has 0 saturated heterocycles. The molecule has 0 atom stereocenters. The Morgan fingerprint density at radius 3 is 2.80 bits per heavy atom. The van der Waals surface area contributed by atoms with Crippen molar-refractivity contribution >= 4 is 6.72 Å². The van der Waals surface area contributed by atoms with Crippen LogP contribution in [0.5, 0.6) is 5.75 Å². The summed E-state index contributed by atoms with van der Waals surface area (Å²) in [7, 11) is 0. The molecule has 1 fully saturated rings. The van der Waals surface area contributed by atoms with Gasteiger partial charge in [0.05, 0.1) is 18.8 Å². The summed E-state index contributed by atoms with van der Waals surface area (Å²) >= 11 is 0. The van der Waals surface area contributed by atoms with Gasteiger partial charge in [-0.2, -0.15) is 5.10 Å². The summed E-state index contributed by atoms with van der Waals surface area (Å²) in [6.45, 7) is 5.49. The number of para-hydroxylation sites is 1. The van der Waals surface area contributed by atoms with Crippen LogP contribution in [0.15, 0.2) is 63.1 Å². The van der Waals surface area contributed by atoms with Gasteiger partial charge in [-0.3, -0.25) is 14.8 Å². The molecule has 0 bridgehead atoms. The number of hydrogen-bond acceptors (Lipinski definition) is 6. The molecule has 160 valence electrons. The maximum absolute atomic E-state index is 11.7. The van der Waals surface area contributed by atoms with Crippen molar-refractivity contribution in [3.8, 4) is 5.75 Å². The third-order valence-corrected chi connectivity index (χ3v) is 5.14. The second-order valence-electron chi connectivity index (χ2n) is 7.48. The molecule has 8 heteroatoms. The molecule has 3 N–H and O–H groups in total. The number of nitrogens with one attached hydrogen (secondary N) is 1. The van der Waals surface area contributed by atoms with Gasteiger partial charge < -0.3 is 15.0 Å². The van der Waals surface area contributed by atoms with Crippen LogP contribution in [0, 0.1) is 5.92 Å². The van der Waals surface area contributed by atoms with Crippen LogP contribution in [0.3, 0.4) is 0 Å². The largest absolute Gasteiger partial charge is 0.493 e.